The molecule has 1 aliphatic carbocycles. The van der Waals surface area contributed by atoms with E-state index in [1.54, 1.807) is 0 Å². The first-order valence-electron chi connectivity index (χ1n) is 11.4. The summed E-state index contributed by atoms with van der Waals surface area (Å²) in [5.74, 6) is 1.41. The largest absolute Gasteiger partial charge is 0.440 e. The predicted molar refractivity (Wildman–Crippen MR) is 122 cm³/mol. The predicted octanol–water partition coefficient (Wildman–Crippen LogP) is 5.03. The fourth-order valence-corrected chi connectivity index (χ4v) is 4.14. The minimum Gasteiger partial charge on any atom is -0.440 e. The van der Waals surface area contributed by atoms with Crippen molar-refractivity contribution in [2.75, 3.05) is 18.4 Å². The third-order valence-electron chi connectivity index (χ3n) is 6.14. The van der Waals surface area contributed by atoms with Crippen LogP contribution >= 0.6 is 0 Å². The molecule has 2 heterocycles. The SMILES string of the molecule is O=C(Nc1ccc(CCC(=O)N2CCCC2)cc1)c1nc(-c2ccccc2)oc1C1CC1. The highest BCUT2D eigenvalue weighted by atomic mass is 16.4. The maximum absolute atomic E-state index is 13.0. The number of amides is 2. The van der Waals surface area contributed by atoms with Crippen LogP contribution in [0.4, 0.5) is 5.69 Å². The maximum atomic E-state index is 13.0. The van der Waals surface area contributed by atoms with Crippen molar-refractivity contribution in [3.8, 4) is 11.5 Å². The van der Waals surface area contributed by atoms with Gasteiger partial charge >= 0.3 is 0 Å². The van der Waals surface area contributed by atoms with Crippen LogP contribution in [0, 0.1) is 0 Å². The lowest BCUT2D eigenvalue weighted by Crippen LogP contribution is -2.27. The summed E-state index contributed by atoms with van der Waals surface area (Å²) < 4.78 is 5.99. The number of carbonyl (C=O) groups excluding carboxylic acids is 2. The molecule has 3 aromatic rings. The molecule has 2 amide bonds. The van der Waals surface area contributed by atoms with Crippen LogP contribution in [0.5, 0.6) is 0 Å². The van der Waals surface area contributed by atoms with Gasteiger partial charge in [-0.3, -0.25) is 9.59 Å². The Kier molecular flexibility index (Phi) is 5.75. The van der Waals surface area contributed by atoms with Crippen molar-refractivity contribution in [1.29, 1.82) is 0 Å². The lowest BCUT2D eigenvalue weighted by molar-refractivity contribution is -0.130. The zero-order chi connectivity index (χ0) is 21.9. The quantitative estimate of drug-likeness (QED) is 0.572. The van der Waals surface area contributed by atoms with E-state index in [4.69, 9.17) is 4.42 Å². The van der Waals surface area contributed by atoms with Crippen molar-refractivity contribution in [2.24, 2.45) is 0 Å². The van der Waals surface area contributed by atoms with E-state index < -0.39 is 0 Å². The standard InChI is InChI=1S/C26H27N3O3/c30-22(29-16-4-5-17-29)15-10-18-8-13-21(14-9-18)27-25(31)23-24(19-11-12-19)32-26(28-23)20-6-2-1-3-7-20/h1-3,6-9,13-14,19H,4-5,10-12,15-17H2,(H,27,31). The monoisotopic (exact) mass is 429 g/mol. The molecule has 1 aliphatic heterocycles. The second-order valence-corrected chi connectivity index (χ2v) is 8.61. The Hall–Kier alpha value is -3.41. The van der Waals surface area contributed by atoms with Crippen LogP contribution in [0.25, 0.3) is 11.5 Å². The van der Waals surface area contributed by atoms with Gasteiger partial charge in [0.25, 0.3) is 5.91 Å². The highest BCUT2D eigenvalue weighted by Gasteiger charge is 2.34. The van der Waals surface area contributed by atoms with Crippen molar-refractivity contribution in [2.45, 2.75) is 44.4 Å². The number of likely N-dealkylation sites (tertiary alicyclic amines) is 1. The Balaban J connectivity index is 1.24. The molecule has 0 atom stereocenters. The Bertz CT molecular complexity index is 1100. The molecule has 0 radical (unpaired) electrons. The summed E-state index contributed by atoms with van der Waals surface area (Å²) in [6.07, 6.45) is 5.50. The van der Waals surface area contributed by atoms with E-state index in [-0.39, 0.29) is 17.7 Å². The zero-order valence-electron chi connectivity index (χ0n) is 18.0. The second kappa shape index (κ2) is 8.99. The van der Waals surface area contributed by atoms with E-state index in [0.717, 1.165) is 49.9 Å². The number of oxazole rings is 1. The number of nitrogens with one attached hydrogen (secondary N) is 1. The number of hydrogen-bond acceptors (Lipinski definition) is 4. The molecule has 1 saturated carbocycles. The van der Waals surface area contributed by atoms with Gasteiger partial charge in [-0.2, -0.15) is 0 Å². The van der Waals surface area contributed by atoms with Crippen LogP contribution in [0.3, 0.4) is 0 Å². The van der Waals surface area contributed by atoms with Crippen LogP contribution in [-0.4, -0.2) is 34.8 Å². The molecule has 0 unspecified atom stereocenters. The normalized spacial score (nSPS) is 15.7. The van der Waals surface area contributed by atoms with Crippen LogP contribution in [0.1, 0.15) is 59.8 Å². The molecular weight excluding hydrogens is 402 g/mol. The molecule has 0 spiro atoms. The fraction of sp³-hybridized carbons (Fsp3) is 0.346. The summed E-state index contributed by atoms with van der Waals surface area (Å²) in [6, 6.07) is 17.3. The maximum Gasteiger partial charge on any atom is 0.277 e. The summed E-state index contributed by atoms with van der Waals surface area (Å²) in [4.78, 5) is 31.7. The number of carbonyl (C=O) groups is 2. The van der Waals surface area contributed by atoms with Gasteiger partial charge in [-0.1, -0.05) is 30.3 Å². The fourth-order valence-electron chi connectivity index (χ4n) is 4.14. The van der Waals surface area contributed by atoms with Crippen molar-refractivity contribution in [3.05, 3.63) is 71.6 Å². The molecule has 164 valence electrons. The topological polar surface area (TPSA) is 75.4 Å². The molecule has 2 aliphatic rings. The lowest BCUT2D eigenvalue weighted by atomic mass is 10.1. The first-order valence-corrected chi connectivity index (χ1v) is 11.4. The van der Waals surface area contributed by atoms with Crippen molar-refractivity contribution in [1.82, 2.24) is 9.88 Å². The second-order valence-electron chi connectivity index (χ2n) is 8.61. The summed E-state index contributed by atoms with van der Waals surface area (Å²) >= 11 is 0. The molecule has 1 aromatic heterocycles. The van der Waals surface area contributed by atoms with Crippen molar-refractivity contribution >= 4 is 17.5 Å². The van der Waals surface area contributed by atoms with Crippen LogP contribution in [-0.2, 0) is 11.2 Å². The zero-order valence-corrected chi connectivity index (χ0v) is 18.0. The van der Waals surface area contributed by atoms with Crippen LogP contribution < -0.4 is 5.32 Å². The number of aryl methyl sites for hydroxylation is 1. The van der Waals surface area contributed by atoms with E-state index in [9.17, 15) is 9.59 Å². The first-order chi connectivity index (χ1) is 15.7. The van der Waals surface area contributed by atoms with Gasteiger partial charge in [-0.25, -0.2) is 4.98 Å². The van der Waals surface area contributed by atoms with E-state index >= 15 is 0 Å². The van der Waals surface area contributed by atoms with Crippen molar-refractivity contribution < 1.29 is 14.0 Å². The van der Waals surface area contributed by atoms with Crippen LogP contribution in [0.2, 0.25) is 0 Å². The number of nitrogens with zero attached hydrogens (tertiary/aromatic N) is 2. The molecule has 2 aromatic carbocycles. The van der Waals surface area contributed by atoms with E-state index in [1.165, 1.54) is 0 Å². The highest BCUT2D eigenvalue weighted by Crippen LogP contribution is 2.43. The van der Waals surface area contributed by atoms with Gasteiger partial charge in [0.2, 0.25) is 11.8 Å². The van der Waals surface area contributed by atoms with Crippen molar-refractivity contribution in [3.63, 3.8) is 0 Å². The number of rotatable bonds is 7. The summed E-state index contributed by atoms with van der Waals surface area (Å²) in [5, 5.41) is 2.95. The van der Waals surface area contributed by atoms with E-state index in [2.05, 4.69) is 10.3 Å². The third kappa shape index (κ3) is 4.59. The van der Waals surface area contributed by atoms with Gasteiger partial charge in [0.05, 0.1) is 0 Å². The van der Waals surface area contributed by atoms with Crippen LogP contribution in [0.15, 0.2) is 59.0 Å². The summed E-state index contributed by atoms with van der Waals surface area (Å²) in [6.45, 7) is 1.78. The number of hydrogen-bond donors (Lipinski definition) is 1. The molecule has 2 fully saturated rings. The molecule has 6 nitrogen and oxygen atoms in total. The first kappa shape index (κ1) is 20.5. The summed E-state index contributed by atoms with van der Waals surface area (Å²) in [5.41, 5.74) is 3.02. The minimum absolute atomic E-state index is 0.229. The molecular formula is C26H27N3O3. The minimum atomic E-state index is -0.255. The van der Waals surface area contributed by atoms with Gasteiger partial charge in [0, 0.05) is 36.7 Å². The van der Waals surface area contributed by atoms with E-state index in [1.807, 2.05) is 59.5 Å². The Morgan fingerprint density at radius 3 is 2.41 bits per heavy atom. The molecule has 0 bridgehead atoms. The number of anilines is 1. The molecule has 1 N–H and O–H groups in total. The highest BCUT2D eigenvalue weighted by molar-refractivity contribution is 6.04. The average molecular weight is 430 g/mol. The Labute approximate surface area is 187 Å². The molecule has 32 heavy (non-hydrogen) atoms. The Morgan fingerprint density at radius 1 is 1.00 bits per heavy atom. The van der Waals surface area contributed by atoms with Gasteiger partial charge in [0.1, 0.15) is 5.76 Å². The average Bonchev–Trinajstić information content (AvgIpc) is 3.33. The van der Waals surface area contributed by atoms with E-state index in [0.29, 0.717) is 35.9 Å². The van der Waals surface area contributed by atoms with Gasteiger partial charge in [-0.15, -0.1) is 0 Å². The summed E-state index contributed by atoms with van der Waals surface area (Å²) in [7, 11) is 0. The third-order valence-corrected chi connectivity index (χ3v) is 6.14. The van der Waals surface area contributed by atoms with Gasteiger partial charge < -0.3 is 14.6 Å². The molecule has 1 saturated heterocycles. The number of benzene rings is 2. The smallest absolute Gasteiger partial charge is 0.277 e. The molecule has 5 rings (SSSR count). The number of aromatic nitrogens is 1. The lowest BCUT2D eigenvalue weighted by Gasteiger charge is -2.15. The van der Waals surface area contributed by atoms with Gasteiger partial charge in [0.15, 0.2) is 5.69 Å². The molecule has 6 heteroatoms. The Morgan fingerprint density at radius 2 is 1.72 bits per heavy atom. The van der Waals surface area contributed by atoms with Gasteiger partial charge in [-0.05, 0) is 61.9 Å².